The van der Waals surface area contributed by atoms with Crippen LogP contribution in [0.1, 0.15) is 25.0 Å². The Morgan fingerprint density at radius 2 is 1.77 bits per heavy atom. The van der Waals surface area contributed by atoms with Crippen molar-refractivity contribution in [3.8, 4) is 28.4 Å². The van der Waals surface area contributed by atoms with Crippen LogP contribution in [0.25, 0.3) is 27.7 Å². The highest BCUT2D eigenvalue weighted by Crippen LogP contribution is 2.38. The number of furan rings is 1. The molecule has 6 heteroatoms. The van der Waals surface area contributed by atoms with Gasteiger partial charge in [-0.25, -0.2) is 0 Å². The molecule has 3 aromatic carbocycles. The van der Waals surface area contributed by atoms with E-state index < -0.39 is 0 Å². The van der Waals surface area contributed by atoms with Gasteiger partial charge in [0.1, 0.15) is 22.8 Å². The molecule has 0 aliphatic rings. The van der Waals surface area contributed by atoms with E-state index in [2.05, 4.69) is 36.5 Å². The van der Waals surface area contributed by atoms with Gasteiger partial charge in [-0.15, -0.1) is 0 Å². The van der Waals surface area contributed by atoms with Crippen LogP contribution in [0.2, 0.25) is 0 Å². The first-order valence-corrected chi connectivity index (χ1v) is 11.4. The Labute approximate surface area is 205 Å². The lowest BCUT2D eigenvalue weighted by Gasteiger charge is -2.13. The van der Waals surface area contributed by atoms with Gasteiger partial charge in [0.25, 0.3) is 0 Å². The summed E-state index contributed by atoms with van der Waals surface area (Å²) in [6, 6.07) is 17.4. The predicted molar refractivity (Wildman–Crippen MR) is 139 cm³/mol. The van der Waals surface area contributed by atoms with Gasteiger partial charge in [0.15, 0.2) is 0 Å². The summed E-state index contributed by atoms with van der Waals surface area (Å²) in [5.74, 6) is 1.54. The summed E-state index contributed by atoms with van der Waals surface area (Å²) in [6.45, 7) is 6.37. The van der Waals surface area contributed by atoms with E-state index in [0.717, 1.165) is 33.2 Å². The van der Waals surface area contributed by atoms with Crippen molar-refractivity contribution >= 4 is 28.1 Å². The summed E-state index contributed by atoms with van der Waals surface area (Å²) in [6.07, 6.45) is 3.32. The van der Waals surface area contributed by atoms with E-state index >= 15 is 0 Å². The van der Waals surface area contributed by atoms with Crippen molar-refractivity contribution in [3.63, 3.8) is 0 Å². The molecule has 0 saturated carbocycles. The molecule has 0 atom stereocenters. The Bertz CT molecular complexity index is 1380. The van der Waals surface area contributed by atoms with E-state index in [1.54, 1.807) is 44.8 Å². The zero-order valence-electron chi connectivity index (χ0n) is 20.6. The van der Waals surface area contributed by atoms with Gasteiger partial charge in [-0.1, -0.05) is 29.8 Å². The molecule has 4 rings (SSSR count). The number of amides is 1. The number of anilines is 1. The van der Waals surface area contributed by atoms with E-state index in [9.17, 15) is 4.79 Å². The van der Waals surface area contributed by atoms with Crippen LogP contribution in [0.15, 0.2) is 71.4 Å². The molecule has 180 valence electrons. The number of fused-ring (bicyclic) bond motifs is 1. The highest BCUT2D eigenvalue weighted by atomic mass is 16.5. The number of aryl methyl sites for hydroxylation is 1. The molecule has 35 heavy (non-hydrogen) atoms. The summed E-state index contributed by atoms with van der Waals surface area (Å²) < 4.78 is 22.4. The Hall–Kier alpha value is -4.19. The van der Waals surface area contributed by atoms with Crippen molar-refractivity contribution in [1.82, 2.24) is 0 Å². The number of carbonyl (C=O) groups excluding carboxylic acids is 1. The molecule has 0 spiro atoms. The Morgan fingerprint density at radius 1 is 1.00 bits per heavy atom. The topological polar surface area (TPSA) is 69.9 Å². The Balaban J connectivity index is 1.70. The standard InChI is InChI=1S/C29H29NO5/c1-6-34-26-16-27-23(24(17-35-27)20-9-7-18(2)8-10-20)15-22(26)19(3)13-29(31)30-25-12-11-21(32-4)14-28(25)33-5/h7-17H,6H2,1-5H3,(H,30,31)/b19-13+. The van der Waals surface area contributed by atoms with Crippen molar-refractivity contribution in [2.45, 2.75) is 20.8 Å². The molecule has 0 radical (unpaired) electrons. The molecule has 0 fully saturated rings. The maximum atomic E-state index is 12.9. The van der Waals surface area contributed by atoms with Crippen LogP contribution in [0, 0.1) is 6.92 Å². The fourth-order valence-electron chi connectivity index (χ4n) is 3.94. The minimum atomic E-state index is -0.278. The van der Waals surface area contributed by atoms with E-state index in [0.29, 0.717) is 29.5 Å². The first kappa shape index (κ1) is 24.0. The van der Waals surface area contributed by atoms with Gasteiger partial charge < -0.3 is 23.9 Å². The molecule has 1 amide bonds. The van der Waals surface area contributed by atoms with E-state index in [-0.39, 0.29) is 5.91 Å². The van der Waals surface area contributed by atoms with E-state index in [1.807, 2.05) is 26.0 Å². The average Bonchev–Trinajstić information content (AvgIpc) is 3.27. The van der Waals surface area contributed by atoms with Gasteiger partial charge in [0.05, 0.1) is 32.8 Å². The molecule has 1 aromatic heterocycles. The van der Waals surface area contributed by atoms with Crippen LogP contribution in [-0.4, -0.2) is 26.7 Å². The average molecular weight is 472 g/mol. The second-order valence-electron chi connectivity index (χ2n) is 8.18. The number of nitrogens with one attached hydrogen (secondary N) is 1. The van der Waals surface area contributed by atoms with Gasteiger partial charge in [-0.05, 0) is 50.1 Å². The quantitative estimate of drug-likeness (QED) is 0.284. The molecule has 0 saturated heterocycles. The minimum absolute atomic E-state index is 0.278. The second kappa shape index (κ2) is 10.4. The lowest BCUT2D eigenvalue weighted by atomic mass is 9.98. The highest BCUT2D eigenvalue weighted by molar-refractivity contribution is 6.06. The smallest absolute Gasteiger partial charge is 0.248 e. The molecule has 0 aliphatic carbocycles. The maximum absolute atomic E-state index is 12.9. The van der Waals surface area contributed by atoms with Crippen LogP contribution in [-0.2, 0) is 4.79 Å². The van der Waals surface area contributed by atoms with Crippen molar-refractivity contribution in [2.75, 3.05) is 26.1 Å². The number of ether oxygens (including phenoxy) is 3. The summed E-state index contributed by atoms with van der Waals surface area (Å²) in [4.78, 5) is 12.9. The van der Waals surface area contributed by atoms with Crippen LogP contribution in [0.4, 0.5) is 5.69 Å². The van der Waals surface area contributed by atoms with Crippen molar-refractivity contribution in [1.29, 1.82) is 0 Å². The zero-order valence-corrected chi connectivity index (χ0v) is 20.6. The van der Waals surface area contributed by atoms with Gasteiger partial charge in [-0.2, -0.15) is 0 Å². The highest BCUT2D eigenvalue weighted by Gasteiger charge is 2.16. The summed E-state index contributed by atoms with van der Waals surface area (Å²) >= 11 is 0. The zero-order chi connectivity index (χ0) is 24.9. The van der Waals surface area contributed by atoms with Crippen molar-refractivity contribution < 1.29 is 23.4 Å². The van der Waals surface area contributed by atoms with Crippen LogP contribution >= 0.6 is 0 Å². The third kappa shape index (κ3) is 5.17. The minimum Gasteiger partial charge on any atom is -0.497 e. The van der Waals surface area contributed by atoms with Gasteiger partial charge in [0, 0.05) is 34.7 Å². The Kier molecular flexibility index (Phi) is 7.11. The summed E-state index contributed by atoms with van der Waals surface area (Å²) in [5.41, 5.74) is 6.12. The van der Waals surface area contributed by atoms with E-state index in [1.165, 1.54) is 5.56 Å². The van der Waals surface area contributed by atoms with Gasteiger partial charge in [0.2, 0.25) is 5.91 Å². The number of allylic oxidation sites excluding steroid dienone is 1. The number of hydrogen-bond acceptors (Lipinski definition) is 5. The third-order valence-electron chi connectivity index (χ3n) is 5.78. The predicted octanol–water partition coefficient (Wildman–Crippen LogP) is 6.87. The van der Waals surface area contributed by atoms with E-state index in [4.69, 9.17) is 18.6 Å². The van der Waals surface area contributed by atoms with Crippen LogP contribution in [0.5, 0.6) is 17.2 Å². The molecule has 0 aliphatic heterocycles. The first-order valence-electron chi connectivity index (χ1n) is 11.4. The van der Waals surface area contributed by atoms with Crippen LogP contribution in [0.3, 0.4) is 0 Å². The second-order valence-corrected chi connectivity index (χ2v) is 8.18. The number of rotatable bonds is 8. The molecule has 4 aromatic rings. The summed E-state index contributed by atoms with van der Waals surface area (Å²) in [7, 11) is 3.13. The fourth-order valence-corrected chi connectivity index (χ4v) is 3.94. The van der Waals surface area contributed by atoms with Crippen molar-refractivity contribution in [2.24, 2.45) is 0 Å². The van der Waals surface area contributed by atoms with Gasteiger partial charge >= 0.3 is 0 Å². The fraction of sp³-hybridized carbons (Fsp3) is 0.207. The molecular weight excluding hydrogens is 442 g/mol. The lowest BCUT2D eigenvalue weighted by Crippen LogP contribution is -2.10. The lowest BCUT2D eigenvalue weighted by molar-refractivity contribution is -0.111. The number of methoxy groups -OCH3 is 2. The number of carbonyl (C=O) groups is 1. The molecular formula is C29H29NO5. The molecule has 6 nitrogen and oxygen atoms in total. The van der Waals surface area contributed by atoms with Crippen LogP contribution < -0.4 is 19.5 Å². The molecule has 1 heterocycles. The van der Waals surface area contributed by atoms with Crippen molar-refractivity contribution in [3.05, 3.63) is 78.1 Å². The molecule has 1 N–H and O–H groups in total. The molecule has 0 unspecified atom stereocenters. The Morgan fingerprint density at radius 3 is 2.46 bits per heavy atom. The number of hydrogen-bond donors (Lipinski definition) is 1. The monoisotopic (exact) mass is 471 g/mol. The third-order valence-corrected chi connectivity index (χ3v) is 5.78. The molecule has 0 bridgehead atoms. The number of benzene rings is 3. The first-order chi connectivity index (χ1) is 16.9. The maximum Gasteiger partial charge on any atom is 0.248 e. The van der Waals surface area contributed by atoms with Gasteiger partial charge in [-0.3, -0.25) is 4.79 Å². The largest absolute Gasteiger partial charge is 0.497 e. The summed E-state index contributed by atoms with van der Waals surface area (Å²) in [5, 5.41) is 3.84. The SMILES string of the molecule is CCOc1cc2occ(-c3ccc(C)cc3)c2cc1/C(C)=C/C(=O)Nc1ccc(OC)cc1OC. The normalized spacial score (nSPS) is 11.4.